The number of hydrogen-bond donors (Lipinski definition) is 2. The smallest absolute Gasteiger partial charge is 0.294 e. The van der Waals surface area contributed by atoms with Gasteiger partial charge in [0.1, 0.15) is 11.5 Å². The molecule has 0 aliphatic carbocycles. The fourth-order valence-electron chi connectivity index (χ4n) is 3.30. The molecule has 0 radical (unpaired) electrons. The second-order valence-corrected chi connectivity index (χ2v) is 8.50. The van der Waals surface area contributed by atoms with Crippen molar-refractivity contribution in [2.24, 2.45) is 0 Å². The Morgan fingerprint density at radius 1 is 0.829 bits per heavy atom. The Labute approximate surface area is 212 Å². The third kappa shape index (κ3) is 6.87. The van der Waals surface area contributed by atoms with Crippen molar-refractivity contribution in [3.05, 3.63) is 71.2 Å². The highest BCUT2D eigenvalue weighted by Crippen LogP contribution is 2.20. The summed E-state index contributed by atoms with van der Waals surface area (Å²) in [6.07, 6.45) is 4.87. The molecule has 2 aromatic carbocycles. The first-order chi connectivity index (χ1) is 16.9. The van der Waals surface area contributed by atoms with Gasteiger partial charge in [0.15, 0.2) is 11.5 Å². The quantitative estimate of drug-likeness (QED) is 0.298. The van der Waals surface area contributed by atoms with Crippen LogP contribution in [0.25, 0.3) is 12.2 Å². The summed E-state index contributed by atoms with van der Waals surface area (Å²) in [6.45, 7) is 2.55. The molecule has 2 aromatic rings. The molecule has 2 aliphatic rings. The van der Waals surface area contributed by atoms with E-state index in [-0.39, 0.29) is 39.8 Å². The zero-order chi connectivity index (χ0) is 24.8. The summed E-state index contributed by atoms with van der Waals surface area (Å²) in [5, 5.41) is 4.96. The van der Waals surface area contributed by atoms with Crippen LogP contribution in [0.2, 0.25) is 0 Å². The monoisotopic (exact) mass is 510 g/mol. The van der Waals surface area contributed by atoms with Crippen molar-refractivity contribution in [3.8, 4) is 11.5 Å². The van der Waals surface area contributed by atoms with Gasteiger partial charge in [-0.05, 0) is 91.7 Å². The molecular weight excluding hydrogens is 488 g/mol. The van der Waals surface area contributed by atoms with Gasteiger partial charge >= 0.3 is 0 Å². The highest BCUT2D eigenvalue weighted by molar-refractivity contribution is 7.80. The van der Waals surface area contributed by atoms with Crippen LogP contribution in [-0.2, 0) is 19.1 Å². The first kappa shape index (κ1) is 24.4. The lowest BCUT2D eigenvalue weighted by Gasteiger charge is -2.15. The standard InChI is InChI=1S/C25H22N2O6S2/c1-15(31-19-10-6-17(7-11-19)14-21-23(29)27-25(35)33-21)3-2-12-30-18-8-4-16(5-9-18)13-20-22(28)26-24(34)32-20/h4-11,13-15H,2-3,12H2,1H3,(H,26,28,34)(H,27,29,35). The van der Waals surface area contributed by atoms with Gasteiger partial charge in [-0.2, -0.15) is 0 Å². The van der Waals surface area contributed by atoms with E-state index in [1.54, 1.807) is 12.2 Å². The van der Waals surface area contributed by atoms with Crippen LogP contribution >= 0.6 is 24.4 Å². The van der Waals surface area contributed by atoms with Crippen LogP contribution in [-0.4, -0.2) is 34.9 Å². The Hall–Kier alpha value is -3.76. The minimum Gasteiger partial charge on any atom is -0.494 e. The molecule has 180 valence electrons. The Kier molecular flexibility index (Phi) is 7.74. The molecule has 4 rings (SSSR count). The lowest BCUT2D eigenvalue weighted by atomic mass is 10.2. The summed E-state index contributed by atoms with van der Waals surface area (Å²) in [7, 11) is 0. The number of rotatable bonds is 9. The molecule has 2 fully saturated rings. The molecule has 0 spiro atoms. The van der Waals surface area contributed by atoms with Crippen LogP contribution in [0, 0.1) is 0 Å². The number of amides is 2. The largest absolute Gasteiger partial charge is 0.494 e. The Morgan fingerprint density at radius 3 is 1.77 bits per heavy atom. The van der Waals surface area contributed by atoms with Crippen LogP contribution in [0.3, 0.4) is 0 Å². The van der Waals surface area contributed by atoms with Crippen molar-refractivity contribution in [3.63, 3.8) is 0 Å². The molecule has 10 heteroatoms. The van der Waals surface area contributed by atoms with E-state index in [0.29, 0.717) is 6.61 Å². The minimum atomic E-state index is -0.350. The van der Waals surface area contributed by atoms with Crippen LogP contribution in [0.4, 0.5) is 0 Å². The molecular formula is C25H22N2O6S2. The molecule has 2 saturated heterocycles. The van der Waals surface area contributed by atoms with Gasteiger partial charge in [-0.3, -0.25) is 20.2 Å². The van der Waals surface area contributed by atoms with Gasteiger partial charge in [-0.1, -0.05) is 24.3 Å². The topological polar surface area (TPSA) is 95.1 Å². The highest BCUT2D eigenvalue weighted by atomic mass is 32.1. The van der Waals surface area contributed by atoms with Gasteiger partial charge in [0, 0.05) is 0 Å². The van der Waals surface area contributed by atoms with Gasteiger partial charge in [0.05, 0.1) is 12.7 Å². The van der Waals surface area contributed by atoms with E-state index in [4.69, 9.17) is 43.4 Å². The zero-order valence-corrected chi connectivity index (χ0v) is 20.4. The summed E-state index contributed by atoms with van der Waals surface area (Å²) in [4.78, 5) is 23.3. The molecule has 1 unspecified atom stereocenters. The zero-order valence-electron chi connectivity index (χ0n) is 18.7. The third-order valence-corrected chi connectivity index (χ3v) is 5.37. The summed E-state index contributed by atoms with van der Waals surface area (Å²) < 4.78 is 22.1. The predicted molar refractivity (Wildman–Crippen MR) is 137 cm³/mol. The molecule has 0 saturated carbocycles. The lowest BCUT2D eigenvalue weighted by Crippen LogP contribution is -2.18. The van der Waals surface area contributed by atoms with Gasteiger partial charge in [-0.15, -0.1) is 0 Å². The molecule has 8 nitrogen and oxygen atoms in total. The SMILES string of the molecule is CC(CCCOc1ccc(C=C2OC(=S)NC2=O)cc1)Oc1ccc(C=C2OC(=S)NC2=O)cc1. The number of carbonyl (C=O) groups is 2. The maximum atomic E-state index is 11.7. The molecule has 2 aliphatic heterocycles. The molecule has 2 amide bonds. The van der Waals surface area contributed by atoms with Crippen molar-refractivity contribution < 1.29 is 28.5 Å². The summed E-state index contributed by atoms with van der Waals surface area (Å²) in [5.41, 5.74) is 1.61. The van der Waals surface area contributed by atoms with E-state index >= 15 is 0 Å². The fraction of sp³-hybridized carbons (Fsp3) is 0.200. The number of benzene rings is 2. The Morgan fingerprint density at radius 2 is 1.31 bits per heavy atom. The normalized spacial score (nSPS) is 18.2. The first-order valence-electron chi connectivity index (χ1n) is 10.8. The van der Waals surface area contributed by atoms with Crippen molar-refractivity contribution in [2.75, 3.05) is 6.61 Å². The van der Waals surface area contributed by atoms with Crippen molar-refractivity contribution >= 4 is 58.8 Å². The number of nitrogens with one attached hydrogen (secondary N) is 2. The van der Waals surface area contributed by atoms with Crippen LogP contribution in [0.1, 0.15) is 30.9 Å². The highest BCUT2D eigenvalue weighted by Gasteiger charge is 2.23. The minimum absolute atomic E-state index is 0.00163. The van der Waals surface area contributed by atoms with Crippen molar-refractivity contribution in [1.82, 2.24) is 10.6 Å². The number of carbonyl (C=O) groups excluding carboxylic acids is 2. The maximum Gasteiger partial charge on any atom is 0.294 e. The summed E-state index contributed by atoms with van der Waals surface area (Å²) >= 11 is 9.63. The second kappa shape index (κ2) is 11.1. The Bertz CT molecular complexity index is 1210. The third-order valence-electron chi connectivity index (χ3n) is 5.00. The molecule has 0 aromatic heterocycles. The van der Waals surface area contributed by atoms with Crippen molar-refractivity contribution in [2.45, 2.75) is 25.9 Å². The fourth-order valence-corrected chi connectivity index (χ4v) is 3.66. The van der Waals surface area contributed by atoms with Crippen LogP contribution in [0.5, 0.6) is 11.5 Å². The summed E-state index contributed by atoms with van der Waals surface area (Å²) in [5.74, 6) is 1.11. The Balaban J connectivity index is 1.18. The molecule has 35 heavy (non-hydrogen) atoms. The van der Waals surface area contributed by atoms with E-state index in [1.807, 2.05) is 55.5 Å². The van der Waals surface area contributed by atoms with E-state index in [2.05, 4.69) is 10.6 Å². The molecule has 2 N–H and O–H groups in total. The van der Waals surface area contributed by atoms with Gasteiger partial charge < -0.3 is 18.9 Å². The van der Waals surface area contributed by atoms with E-state index in [1.165, 1.54) is 0 Å². The average Bonchev–Trinajstić information content (AvgIpc) is 3.32. The predicted octanol–water partition coefficient (Wildman–Crippen LogP) is 3.86. The molecule has 0 bridgehead atoms. The van der Waals surface area contributed by atoms with Gasteiger partial charge in [0.2, 0.25) is 0 Å². The molecule has 2 heterocycles. The maximum absolute atomic E-state index is 11.7. The van der Waals surface area contributed by atoms with Crippen LogP contribution in [0.15, 0.2) is 60.0 Å². The van der Waals surface area contributed by atoms with E-state index in [0.717, 1.165) is 35.5 Å². The van der Waals surface area contributed by atoms with E-state index in [9.17, 15) is 9.59 Å². The lowest BCUT2D eigenvalue weighted by molar-refractivity contribution is -0.117. The molecule has 1 atom stereocenters. The van der Waals surface area contributed by atoms with Crippen LogP contribution < -0.4 is 20.1 Å². The second-order valence-electron chi connectivity index (χ2n) is 7.76. The number of hydrogen-bond acceptors (Lipinski definition) is 8. The summed E-state index contributed by atoms with van der Waals surface area (Å²) in [6, 6.07) is 14.7. The van der Waals surface area contributed by atoms with Gasteiger partial charge in [0.25, 0.3) is 22.2 Å². The number of ether oxygens (including phenoxy) is 4. The number of thiocarbonyl (C=S) groups is 2. The van der Waals surface area contributed by atoms with Crippen molar-refractivity contribution in [1.29, 1.82) is 0 Å². The van der Waals surface area contributed by atoms with E-state index < -0.39 is 0 Å². The first-order valence-corrected chi connectivity index (χ1v) is 11.7. The van der Waals surface area contributed by atoms with Gasteiger partial charge in [-0.25, -0.2) is 0 Å². The average molecular weight is 511 g/mol.